The molecule has 2 fully saturated rings. The van der Waals surface area contributed by atoms with Crippen molar-refractivity contribution in [2.45, 2.75) is 50.9 Å². The van der Waals surface area contributed by atoms with Crippen LogP contribution in [0, 0.1) is 5.92 Å². The van der Waals surface area contributed by atoms with Crippen molar-refractivity contribution in [3.8, 4) is 0 Å². The van der Waals surface area contributed by atoms with Gasteiger partial charge in [-0.2, -0.15) is 0 Å². The summed E-state index contributed by atoms with van der Waals surface area (Å²) in [5.41, 5.74) is 0. The maximum absolute atomic E-state index is 12.3. The molecule has 2 aliphatic rings. The minimum Gasteiger partial charge on any atom is -0.481 e. The molecule has 7 heteroatoms. The van der Waals surface area contributed by atoms with E-state index < -0.39 is 5.97 Å². The van der Waals surface area contributed by atoms with Crippen LogP contribution in [0.15, 0.2) is 0 Å². The number of morpholine rings is 1. The van der Waals surface area contributed by atoms with Gasteiger partial charge in [-0.1, -0.05) is 6.42 Å². The van der Waals surface area contributed by atoms with Gasteiger partial charge < -0.3 is 25.2 Å². The third-order valence-corrected chi connectivity index (χ3v) is 4.17. The van der Waals surface area contributed by atoms with Gasteiger partial charge in [0.05, 0.1) is 31.3 Å². The van der Waals surface area contributed by atoms with Crippen LogP contribution in [0.2, 0.25) is 0 Å². The summed E-state index contributed by atoms with van der Waals surface area (Å²) < 4.78 is 5.50. The Bertz CT molecular complexity index is 390. The molecule has 1 aliphatic carbocycles. The van der Waals surface area contributed by atoms with Gasteiger partial charge in [-0.25, -0.2) is 4.79 Å². The normalized spacial score (nSPS) is 33.5. The Morgan fingerprint density at radius 1 is 1.33 bits per heavy atom. The number of aliphatic hydroxyl groups is 1. The van der Waals surface area contributed by atoms with E-state index in [9.17, 15) is 14.7 Å². The highest BCUT2D eigenvalue weighted by Crippen LogP contribution is 2.24. The van der Waals surface area contributed by atoms with Crippen LogP contribution in [0.1, 0.15) is 32.6 Å². The summed E-state index contributed by atoms with van der Waals surface area (Å²) >= 11 is 0. The summed E-state index contributed by atoms with van der Waals surface area (Å²) in [5, 5.41) is 21.2. The molecule has 0 aromatic heterocycles. The fourth-order valence-electron chi connectivity index (χ4n) is 3.12. The number of nitrogens with one attached hydrogen (secondary N) is 1. The van der Waals surface area contributed by atoms with E-state index in [0.717, 1.165) is 12.8 Å². The summed E-state index contributed by atoms with van der Waals surface area (Å²) in [6.45, 7) is 2.60. The molecule has 1 heterocycles. The largest absolute Gasteiger partial charge is 0.481 e. The number of hydrogen-bond acceptors (Lipinski definition) is 4. The number of aliphatic carboxylic acids is 1. The third-order valence-electron chi connectivity index (χ3n) is 4.17. The van der Waals surface area contributed by atoms with E-state index in [2.05, 4.69) is 5.32 Å². The van der Waals surface area contributed by atoms with Gasteiger partial charge in [0, 0.05) is 12.6 Å². The molecule has 0 spiro atoms. The predicted octanol–water partition coefficient (Wildman–Crippen LogP) is 0.421. The van der Waals surface area contributed by atoms with Gasteiger partial charge in [0.25, 0.3) is 0 Å². The average Bonchev–Trinajstić information content (AvgIpc) is 2.46. The lowest BCUT2D eigenvalue weighted by molar-refractivity contribution is -0.143. The molecular formula is C14H24N2O5. The van der Waals surface area contributed by atoms with Gasteiger partial charge in [0.15, 0.2) is 0 Å². The van der Waals surface area contributed by atoms with Crippen molar-refractivity contribution in [3.63, 3.8) is 0 Å². The maximum atomic E-state index is 12.3. The standard InChI is InChI=1S/C14H24N2O5/c1-9-6-16(7-12(8-17)21-9)14(20)15-11-4-2-3-10(5-11)13(18)19/h9-12,17H,2-8H2,1H3,(H,15,20)(H,18,19). The number of nitrogens with zero attached hydrogens (tertiary/aromatic N) is 1. The Morgan fingerprint density at radius 2 is 2.10 bits per heavy atom. The molecule has 0 aromatic rings. The van der Waals surface area contributed by atoms with Gasteiger partial charge in [-0.05, 0) is 26.2 Å². The molecule has 21 heavy (non-hydrogen) atoms. The molecule has 0 aromatic carbocycles. The van der Waals surface area contributed by atoms with Crippen molar-refractivity contribution in [2.24, 2.45) is 5.92 Å². The van der Waals surface area contributed by atoms with Crippen molar-refractivity contribution >= 4 is 12.0 Å². The first-order valence-electron chi connectivity index (χ1n) is 7.54. The number of carboxylic acids is 1. The van der Waals surface area contributed by atoms with Crippen LogP contribution in [0.3, 0.4) is 0 Å². The molecule has 4 atom stereocenters. The average molecular weight is 300 g/mol. The molecule has 0 bridgehead atoms. The highest BCUT2D eigenvalue weighted by atomic mass is 16.5. The summed E-state index contributed by atoms with van der Waals surface area (Å²) in [6, 6.07) is -0.280. The molecule has 2 rings (SSSR count). The van der Waals surface area contributed by atoms with Crippen LogP contribution in [0.4, 0.5) is 4.79 Å². The van der Waals surface area contributed by atoms with E-state index in [1.54, 1.807) is 4.90 Å². The number of rotatable bonds is 3. The van der Waals surface area contributed by atoms with Gasteiger partial charge in [-0.3, -0.25) is 4.79 Å². The van der Waals surface area contributed by atoms with Crippen molar-refractivity contribution in [2.75, 3.05) is 19.7 Å². The zero-order chi connectivity index (χ0) is 15.4. The minimum atomic E-state index is -0.783. The molecule has 0 radical (unpaired) electrons. The van der Waals surface area contributed by atoms with Gasteiger partial charge >= 0.3 is 12.0 Å². The monoisotopic (exact) mass is 300 g/mol. The zero-order valence-corrected chi connectivity index (χ0v) is 12.3. The summed E-state index contributed by atoms with van der Waals surface area (Å²) in [7, 11) is 0. The van der Waals surface area contributed by atoms with Crippen molar-refractivity contribution in [3.05, 3.63) is 0 Å². The van der Waals surface area contributed by atoms with Crippen LogP contribution in [0.5, 0.6) is 0 Å². The minimum absolute atomic E-state index is 0.0851. The highest BCUT2D eigenvalue weighted by Gasteiger charge is 2.31. The quantitative estimate of drug-likeness (QED) is 0.701. The van der Waals surface area contributed by atoms with Crippen molar-refractivity contribution in [1.82, 2.24) is 10.2 Å². The second kappa shape index (κ2) is 7.09. The Balaban J connectivity index is 1.87. The fraction of sp³-hybridized carbons (Fsp3) is 0.857. The van der Waals surface area contributed by atoms with Crippen LogP contribution >= 0.6 is 0 Å². The lowest BCUT2D eigenvalue weighted by atomic mass is 9.86. The predicted molar refractivity (Wildman–Crippen MR) is 74.9 cm³/mol. The summed E-state index contributed by atoms with van der Waals surface area (Å²) in [4.78, 5) is 25.0. The first kappa shape index (κ1) is 16.0. The first-order chi connectivity index (χ1) is 9.99. The van der Waals surface area contributed by atoms with Gasteiger partial charge in [0.2, 0.25) is 0 Å². The topological polar surface area (TPSA) is 99.1 Å². The second-order valence-electron chi connectivity index (χ2n) is 6.00. The van der Waals surface area contributed by atoms with E-state index in [1.807, 2.05) is 6.92 Å². The Labute approximate surface area is 124 Å². The number of carbonyl (C=O) groups excluding carboxylic acids is 1. The number of amides is 2. The molecule has 3 N–H and O–H groups in total. The Morgan fingerprint density at radius 3 is 2.76 bits per heavy atom. The van der Waals surface area contributed by atoms with E-state index in [4.69, 9.17) is 9.84 Å². The molecule has 1 aliphatic heterocycles. The van der Waals surface area contributed by atoms with Crippen molar-refractivity contribution in [1.29, 1.82) is 0 Å². The van der Waals surface area contributed by atoms with E-state index in [0.29, 0.717) is 25.9 Å². The van der Waals surface area contributed by atoms with Gasteiger partial charge in [0.1, 0.15) is 0 Å². The summed E-state index contributed by atoms with van der Waals surface area (Å²) in [6.07, 6.45) is 2.35. The summed E-state index contributed by atoms with van der Waals surface area (Å²) in [5.74, 6) is -1.15. The Hall–Kier alpha value is -1.34. The molecule has 1 saturated carbocycles. The SMILES string of the molecule is CC1CN(C(=O)NC2CCCC(C(=O)O)C2)CC(CO)O1. The first-order valence-corrected chi connectivity index (χ1v) is 7.54. The number of carbonyl (C=O) groups is 2. The number of carboxylic acid groups (broad SMARTS) is 1. The molecule has 1 saturated heterocycles. The Kier molecular flexibility index (Phi) is 5.41. The van der Waals surface area contributed by atoms with Gasteiger partial charge in [-0.15, -0.1) is 0 Å². The zero-order valence-electron chi connectivity index (χ0n) is 12.3. The maximum Gasteiger partial charge on any atom is 0.317 e. The molecule has 7 nitrogen and oxygen atoms in total. The van der Waals surface area contributed by atoms with Crippen molar-refractivity contribution < 1.29 is 24.5 Å². The van der Waals surface area contributed by atoms with Crippen LogP contribution in [0.25, 0.3) is 0 Å². The molecule has 4 unspecified atom stereocenters. The number of aliphatic hydroxyl groups excluding tert-OH is 1. The third kappa shape index (κ3) is 4.31. The number of hydrogen-bond donors (Lipinski definition) is 3. The molecule has 120 valence electrons. The smallest absolute Gasteiger partial charge is 0.317 e. The number of ether oxygens (including phenoxy) is 1. The highest BCUT2D eigenvalue weighted by molar-refractivity contribution is 5.75. The van der Waals surface area contributed by atoms with E-state index in [1.165, 1.54) is 0 Å². The number of urea groups is 1. The molecule has 2 amide bonds. The van der Waals surface area contributed by atoms with E-state index in [-0.39, 0.29) is 36.8 Å². The molecular weight excluding hydrogens is 276 g/mol. The second-order valence-corrected chi connectivity index (χ2v) is 6.00. The lowest BCUT2D eigenvalue weighted by Gasteiger charge is -2.37. The van der Waals surface area contributed by atoms with E-state index >= 15 is 0 Å². The lowest BCUT2D eigenvalue weighted by Crippen LogP contribution is -2.55. The van der Waals surface area contributed by atoms with Crippen LogP contribution < -0.4 is 5.32 Å². The fourth-order valence-corrected chi connectivity index (χ4v) is 3.12. The van der Waals surface area contributed by atoms with Crippen LogP contribution in [-0.4, -0.2) is 65.1 Å². The van der Waals surface area contributed by atoms with Crippen LogP contribution in [-0.2, 0) is 9.53 Å².